The fraction of sp³-hybridized carbons (Fsp3) is 0.500. The molecule has 1 aromatic rings. The van der Waals surface area contributed by atoms with Crippen molar-refractivity contribution in [1.29, 1.82) is 0 Å². The van der Waals surface area contributed by atoms with E-state index in [-0.39, 0.29) is 5.56 Å². The van der Waals surface area contributed by atoms with Crippen LogP contribution in [0.1, 0.15) is 31.2 Å². The average Bonchev–Trinajstić information content (AvgIpc) is 2.67. The van der Waals surface area contributed by atoms with Gasteiger partial charge in [0.2, 0.25) is 0 Å². The molecule has 6 heteroatoms. The molecule has 0 saturated heterocycles. The second-order valence-corrected chi connectivity index (χ2v) is 6.89. The van der Waals surface area contributed by atoms with E-state index in [9.17, 15) is 17.2 Å². The first-order valence-corrected chi connectivity index (χ1v) is 7.62. The number of benzene rings is 1. The van der Waals surface area contributed by atoms with Crippen molar-refractivity contribution in [2.24, 2.45) is 5.73 Å². The summed E-state index contributed by atoms with van der Waals surface area (Å²) in [5.41, 5.74) is 5.08. The number of sulfone groups is 1. The van der Waals surface area contributed by atoms with Crippen LogP contribution in [0.25, 0.3) is 0 Å². The minimum Gasteiger partial charge on any atom is -0.321 e. The molecule has 0 aliphatic heterocycles. The number of rotatable bonds is 2. The lowest BCUT2D eigenvalue weighted by molar-refractivity contribution is 0.420. The van der Waals surface area contributed by atoms with Crippen molar-refractivity contribution >= 4 is 9.84 Å². The van der Waals surface area contributed by atoms with E-state index in [0.717, 1.165) is 25.2 Å². The van der Waals surface area contributed by atoms with E-state index in [4.69, 9.17) is 5.73 Å². The third-order valence-electron chi connectivity index (χ3n) is 3.44. The summed E-state index contributed by atoms with van der Waals surface area (Å²) in [5, 5.41) is 0. The molecule has 2 N–H and O–H groups in total. The fourth-order valence-corrected chi connectivity index (χ4v) is 3.23. The van der Waals surface area contributed by atoms with Gasteiger partial charge in [-0.25, -0.2) is 17.2 Å². The van der Waals surface area contributed by atoms with Gasteiger partial charge >= 0.3 is 0 Å². The second kappa shape index (κ2) is 4.28. The normalized spacial score (nSPS) is 19.1. The lowest BCUT2D eigenvalue weighted by Gasteiger charge is -2.25. The van der Waals surface area contributed by atoms with E-state index < -0.39 is 31.9 Å². The van der Waals surface area contributed by atoms with Crippen LogP contribution in [0.3, 0.4) is 0 Å². The van der Waals surface area contributed by atoms with E-state index >= 15 is 0 Å². The minimum atomic E-state index is -3.81. The molecule has 0 radical (unpaired) electrons. The Bertz CT molecular complexity index is 578. The summed E-state index contributed by atoms with van der Waals surface area (Å²) in [4.78, 5) is -0.616. The minimum absolute atomic E-state index is 0.0274. The predicted molar refractivity (Wildman–Crippen MR) is 63.8 cm³/mol. The topological polar surface area (TPSA) is 60.2 Å². The van der Waals surface area contributed by atoms with E-state index in [1.807, 2.05) is 0 Å². The molecule has 1 aliphatic carbocycles. The van der Waals surface area contributed by atoms with E-state index in [1.54, 1.807) is 0 Å². The molecule has 1 aliphatic rings. The van der Waals surface area contributed by atoms with Gasteiger partial charge in [0.1, 0.15) is 16.5 Å². The Morgan fingerprint density at radius 2 is 1.78 bits per heavy atom. The molecule has 0 spiro atoms. The van der Waals surface area contributed by atoms with Crippen molar-refractivity contribution in [3.63, 3.8) is 0 Å². The molecule has 100 valence electrons. The Labute approximate surface area is 105 Å². The van der Waals surface area contributed by atoms with Crippen LogP contribution in [0.2, 0.25) is 0 Å². The van der Waals surface area contributed by atoms with Gasteiger partial charge in [-0.3, -0.25) is 0 Å². The number of nitrogens with two attached hydrogens (primary N) is 1. The van der Waals surface area contributed by atoms with Gasteiger partial charge in [0, 0.05) is 17.4 Å². The molecule has 0 atom stereocenters. The Morgan fingerprint density at radius 3 is 2.28 bits per heavy atom. The molecule has 2 rings (SSSR count). The highest BCUT2D eigenvalue weighted by Crippen LogP contribution is 2.39. The van der Waals surface area contributed by atoms with Crippen LogP contribution in [0.4, 0.5) is 8.78 Å². The Hall–Kier alpha value is -1.01. The molecule has 1 saturated carbocycles. The maximum absolute atomic E-state index is 14.2. The first kappa shape index (κ1) is 13.4. The van der Waals surface area contributed by atoms with E-state index in [1.165, 1.54) is 0 Å². The lowest BCUT2D eigenvalue weighted by Crippen LogP contribution is -2.34. The third kappa shape index (κ3) is 2.27. The molecule has 1 aromatic carbocycles. The summed E-state index contributed by atoms with van der Waals surface area (Å²) in [7, 11) is -3.81. The summed E-state index contributed by atoms with van der Waals surface area (Å²) in [5.74, 6) is -1.69. The van der Waals surface area contributed by atoms with Gasteiger partial charge in [0.25, 0.3) is 0 Å². The van der Waals surface area contributed by atoms with Crippen molar-refractivity contribution in [2.75, 3.05) is 6.26 Å². The van der Waals surface area contributed by atoms with Crippen LogP contribution in [0.15, 0.2) is 17.0 Å². The third-order valence-corrected chi connectivity index (χ3v) is 4.53. The molecule has 0 unspecified atom stereocenters. The largest absolute Gasteiger partial charge is 0.321 e. The first-order chi connectivity index (χ1) is 8.24. The highest BCUT2D eigenvalue weighted by molar-refractivity contribution is 7.90. The van der Waals surface area contributed by atoms with Crippen LogP contribution in [-0.2, 0) is 15.4 Å². The number of hydrogen-bond donors (Lipinski definition) is 1. The first-order valence-electron chi connectivity index (χ1n) is 5.72. The Morgan fingerprint density at radius 1 is 1.22 bits per heavy atom. The summed E-state index contributed by atoms with van der Waals surface area (Å²) in [6.45, 7) is 0. The molecule has 0 amide bonds. The van der Waals surface area contributed by atoms with Gasteiger partial charge < -0.3 is 5.73 Å². The zero-order valence-electron chi connectivity index (χ0n) is 10.0. The molecule has 0 heterocycles. The highest BCUT2D eigenvalue weighted by Gasteiger charge is 2.36. The fourth-order valence-electron chi connectivity index (χ4n) is 2.47. The van der Waals surface area contributed by atoms with Crippen LogP contribution >= 0.6 is 0 Å². The molecule has 0 bridgehead atoms. The van der Waals surface area contributed by atoms with Gasteiger partial charge in [-0.15, -0.1) is 0 Å². The van der Waals surface area contributed by atoms with Gasteiger partial charge in [0.15, 0.2) is 9.84 Å². The summed E-state index contributed by atoms with van der Waals surface area (Å²) < 4.78 is 50.6. The van der Waals surface area contributed by atoms with Crippen LogP contribution in [-0.4, -0.2) is 14.7 Å². The van der Waals surface area contributed by atoms with Crippen molar-refractivity contribution in [3.8, 4) is 0 Å². The van der Waals surface area contributed by atoms with Crippen LogP contribution in [0, 0.1) is 11.6 Å². The predicted octanol–water partition coefficient (Wildman–Crippen LogP) is 2.10. The van der Waals surface area contributed by atoms with Crippen molar-refractivity contribution < 1.29 is 17.2 Å². The average molecular weight is 275 g/mol. The van der Waals surface area contributed by atoms with Gasteiger partial charge in [-0.2, -0.15) is 0 Å². The number of halogens is 2. The van der Waals surface area contributed by atoms with E-state index in [2.05, 4.69) is 0 Å². The maximum Gasteiger partial charge on any atom is 0.178 e. The Kier molecular flexibility index (Phi) is 3.19. The molecular weight excluding hydrogens is 260 g/mol. The summed E-state index contributed by atoms with van der Waals surface area (Å²) in [6, 6.07) is 1.71. The summed E-state index contributed by atoms with van der Waals surface area (Å²) in [6.07, 6.45) is 3.60. The van der Waals surface area contributed by atoms with Crippen LogP contribution in [0.5, 0.6) is 0 Å². The maximum atomic E-state index is 14.2. The SMILES string of the molecule is CS(=O)(=O)c1cc(F)cc(C2(N)CCCC2)c1F. The van der Waals surface area contributed by atoms with Crippen LogP contribution < -0.4 is 5.73 Å². The quantitative estimate of drug-likeness (QED) is 0.899. The smallest absolute Gasteiger partial charge is 0.178 e. The zero-order valence-corrected chi connectivity index (χ0v) is 10.9. The van der Waals surface area contributed by atoms with Crippen molar-refractivity contribution in [2.45, 2.75) is 36.1 Å². The monoisotopic (exact) mass is 275 g/mol. The van der Waals surface area contributed by atoms with Gasteiger partial charge in [-0.1, -0.05) is 12.8 Å². The van der Waals surface area contributed by atoms with Crippen molar-refractivity contribution in [3.05, 3.63) is 29.3 Å². The van der Waals surface area contributed by atoms with Gasteiger partial charge in [0.05, 0.1) is 0 Å². The molecule has 1 fully saturated rings. The second-order valence-electron chi connectivity index (χ2n) is 4.90. The van der Waals surface area contributed by atoms with Gasteiger partial charge in [-0.05, 0) is 25.0 Å². The molecule has 3 nitrogen and oxygen atoms in total. The number of hydrogen-bond acceptors (Lipinski definition) is 3. The zero-order chi connectivity index (χ0) is 13.6. The Balaban J connectivity index is 2.66. The molecule has 0 aromatic heterocycles. The standard InChI is InChI=1S/C12H15F2NO2S/c1-18(16,17)10-7-8(13)6-9(11(10)14)12(15)4-2-3-5-12/h6-7H,2-5,15H2,1H3. The van der Waals surface area contributed by atoms with E-state index in [0.29, 0.717) is 18.9 Å². The molecular formula is C12H15F2NO2S. The molecule has 18 heavy (non-hydrogen) atoms. The summed E-state index contributed by atoms with van der Waals surface area (Å²) >= 11 is 0. The lowest BCUT2D eigenvalue weighted by atomic mass is 9.89. The highest BCUT2D eigenvalue weighted by atomic mass is 32.2. The van der Waals surface area contributed by atoms with Crippen molar-refractivity contribution in [1.82, 2.24) is 0 Å².